The van der Waals surface area contributed by atoms with Crippen molar-refractivity contribution in [2.75, 3.05) is 37.5 Å². The number of esters is 1. The summed E-state index contributed by atoms with van der Waals surface area (Å²) in [6, 6.07) is 13.0. The zero-order valence-corrected chi connectivity index (χ0v) is 16.9. The van der Waals surface area contributed by atoms with E-state index in [1.54, 1.807) is 67.5 Å². The molecule has 1 heterocycles. The Bertz CT molecular complexity index is 969. The van der Waals surface area contributed by atoms with Gasteiger partial charge in [0, 0.05) is 44.0 Å². The van der Waals surface area contributed by atoms with Crippen molar-refractivity contribution in [2.24, 2.45) is 0 Å². The standard InChI is InChI=1S/C22H23N3O5/c1-24(2)21(28)15-8-10-17(11-9-15)23-19(26)14-30-22(29)16-5-3-6-18(13-16)25-12-4-7-20(25)27/h3,5-6,8-11,13H,4,7,12,14H2,1-2H3,(H,23,26). The summed E-state index contributed by atoms with van der Waals surface area (Å²) in [4.78, 5) is 51.2. The van der Waals surface area contributed by atoms with Crippen LogP contribution in [0.5, 0.6) is 0 Å². The molecule has 2 aromatic carbocycles. The maximum Gasteiger partial charge on any atom is 0.338 e. The minimum absolute atomic E-state index is 0.0261. The topological polar surface area (TPSA) is 96.0 Å². The molecule has 1 aliphatic heterocycles. The quantitative estimate of drug-likeness (QED) is 0.739. The molecule has 0 radical (unpaired) electrons. The van der Waals surface area contributed by atoms with Crippen LogP contribution in [-0.4, -0.2) is 55.8 Å². The van der Waals surface area contributed by atoms with Crippen LogP contribution in [0.4, 0.5) is 11.4 Å². The molecule has 0 atom stereocenters. The van der Waals surface area contributed by atoms with E-state index in [9.17, 15) is 19.2 Å². The molecule has 0 aromatic heterocycles. The molecule has 1 N–H and O–H groups in total. The normalized spacial score (nSPS) is 13.1. The van der Waals surface area contributed by atoms with Crippen LogP contribution in [0.25, 0.3) is 0 Å². The Hall–Kier alpha value is -3.68. The number of hydrogen-bond donors (Lipinski definition) is 1. The first-order chi connectivity index (χ1) is 14.3. The van der Waals surface area contributed by atoms with Gasteiger partial charge in [0.25, 0.3) is 11.8 Å². The Morgan fingerprint density at radius 1 is 1.07 bits per heavy atom. The Kier molecular flexibility index (Phi) is 6.46. The number of anilines is 2. The number of carbonyl (C=O) groups excluding carboxylic acids is 4. The van der Waals surface area contributed by atoms with Gasteiger partial charge >= 0.3 is 5.97 Å². The fraction of sp³-hybridized carbons (Fsp3) is 0.273. The van der Waals surface area contributed by atoms with Crippen LogP contribution in [0.2, 0.25) is 0 Å². The third kappa shape index (κ3) is 5.02. The van der Waals surface area contributed by atoms with Gasteiger partial charge in [0.2, 0.25) is 5.91 Å². The lowest BCUT2D eigenvalue weighted by Gasteiger charge is -2.16. The van der Waals surface area contributed by atoms with E-state index in [0.29, 0.717) is 29.9 Å². The molecule has 0 aliphatic carbocycles. The van der Waals surface area contributed by atoms with Crippen LogP contribution in [0.1, 0.15) is 33.6 Å². The highest BCUT2D eigenvalue weighted by Crippen LogP contribution is 2.22. The first-order valence-corrected chi connectivity index (χ1v) is 9.54. The third-order valence-electron chi connectivity index (χ3n) is 4.62. The molecule has 8 nitrogen and oxygen atoms in total. The SMILES string of the molecule is CN(C)C(=O)c1ccc(NC(=O)COC(=O)c2cccc(N3CCCC3=O)c2)cc1. The zero-order valence-electron chi connectivity index (χ0n) is 16.9. The van der Waals surface area contributed by atoms with Crippen molar-refractivity contribution in [1.82, 2.24) is 4.90 Å². The lowest BCUT2D eigenvalue weighted by Crippen LogP contribution is -2.24. The van der Waals surface area contributed by atoms with Gasteiger partial charge in [-0.25, -0.2) is 4.79 Å². The molecular weight excluding hydrogens is 386 g/mol. The highest BCUT2D eigenvalue weighted by atomic mass is 16.5. The molecule has 1 saturated heterocycles. The molecule has 8 heteroatoms. The summed E-state index contributed by atoms with van der Waals surface area (Å²) in [6.07, 6.45) is 1.29. The fourth-order valence-electron chi connectivity index (χ4n) is 3.09. The van der Waals surface area contributed by atoms with Gasteiger partial charge in [0.15, 0.2) is 6.61 Å². The predicted molar refractivity (Wildman–Crippen MR) is 111 cm³/mol. The smallest absolute Gasteiger partial charge is 0.338 e. The van der Waals surface area contributed by atoms with Crippen LogP contribution in [0.15, 0.2) is 48.5 Å². The molecule has 156 valence electrons. The highest BCUT2D eigenvalue weighted by molar-refractivity contribution is 5.99. The number of nitrogens with zero attached hydrogens (tertiary/aromatic N) is 2. The summed E-state index contributed by atoms with van der Waals surface area (Å²) < 4.78 is 5.08. The largest absolute Gasteiger partial charge is 0.452 e. The van der Waals surface area contributed by atoms with Crippen LogP contribution in [0, 0.1) is 0 Å². The van der Waals surface area contributed by atoms with Gasteiger partial charge < -0.3 is 19.9 Å². The van der Waals surface area contributed by atoms with Crippen molar-refractivity contribution in [1.29, 1.82) is 0 Å². The average molecular weight is 409 g/mol. The molecule has 3 amide bonds. The lowest BCUT2D eigenvalue weighted by molar-refractivity contribution is -0.119. The minimum Gasteiger partial charge on any atom is -0.452 e. The van der Waals surface area contributed by atoms with Gasteiger partial charge in [-0.2, -0.15) is 0 Å². The summed E-state index contributed by atoms with van der Waals surface area (Å²) in [5.74, 6) is -1.26. The molecule has 3 rings (SSSR count). The number of nitrogens with one attached hydrogen (secondary N) is 1. The van der Waals surface area contributed by atoms with Crippen molar-refractivity contribution in [3.63, 3.8) is 0 Å². The van der Waals surface area contributed by atoms with Crippen LogP contribution in [-0.2, 0) is 14.3 Å². The van der Waals surface area contributed by atoms with Gasteiger partial charge in [-0.05, 0) is 48.9 Å². The first kappa shape index (κ1) is 21.0. The molecule has 1 fully saturated rings. The van der Waals surface area contributed by atoms with Crippen molar-refractivity contribution in [2.45, 2.75) is 12.8 Å². The van der Waals surface area contributed by atoms with E-state index in [4.69, 9.17) is 4.74 Å². The number of rotatable bonds is 6. The maximum atomic E-state index is 12.3. The monoisotopic (exact) mass is 409 g/mol. The molecular formula is C22H23N3O5. The summed E-state index contributed by atoms with van der Waals surface area (Å²) in [7, 11) is 3.32. The van der Waals surface area contributed by atoms with E-state index in [2.05, 4.69) is 5.32 Å². The van der Waals surface area contributed by atoms with Crippen LogP contribution in [0.3, 0.4) is 0 Å². The molecule has 0 spiro atoms. The molecule has 1 aliphatic rings. The van der Waals surface area contributed by atoms with Gasteiger partial charge in [0.05, 0.1) is 5.56 Å². The van der Waals surface area contributed by atoms with E-state index in [1.165, 1.54) is 4.90 Å². The number of hydrogen-bond acceptors (Lipinski definition) is 5. The summed E-state index contributed by atoms with van der Waals surface area (Å²) in [6.45, 7) is 0.169. The van der Waals surface area contributed by atoms with Crippen molar-refractivity contribution in [3.8, 4) is 0 Å². The maximum absolute atomic E-state index is 12.3. The summed E-state index contributed by atoms with van der Waals surface area (Å²) in [5, 5.41) is 2.61. The van der Waals surface area contributed by atoms with E-state index >= 15 is 0 Å². The molecule has 2 aromatic rings. The van der Waals surface area contributed by atoms with Gasteiger partial charge in [-0.15, -0.1) is 0 Å². The Balaban J connectivity index is 1.54. The van der Waals surface area contributed by atoms with E-state index < -0.39 is 18.5 Å². The first-order valence-electron chi connectivity index (χ1n) is 9.54. The van der Waals surface area contributed by atoms with Gasteiger partial charge in [0.1, 0.15) is 0 Å². The van der Waals surface area contributed by atoms with Crippen LogP contribution >= 0.6 is 0 Å². The van der Waals surface area contributed by atoms with E-state index in [1.807, 2.05) is 0 Å². The third-order valence-corrected chi connectivity index (χ3v) is 4.62. The fourth-order valence-corrected chi connectivity index (χ4v) is 3.09. The highest BCUT2D eigenvalue weighted by Gasteiger charge is 2.22. The van der Waals surface area contributed by atoms with Gasteiger partial charge in [-0.1, -0.05) is 6.07 Å². The molecule has 0 unspecified atom stereocenters. The van der Waals surface area contributed by atoms with Crippen LogP contribution < -0.4 is 10.2 Å². The average Bonchev–Trinajstić information content (AvgIpc) is 3.18. The Morgan fingerprint density at radius 3 is 2.43 bits per heavy atom. The minimum atomic E-state index is -0.648. The lowest BCUT2D eigenvalue weighted by atomic mass is 10.2. The molecule has 0 saturated carbocycles. The number of carbonyl (C=O) groups is 4. The second-order valence-corrected chi connectivity index (χ2v) is 7.10. The summed E-state index contributed by atoms with van der Waals surface area (Å²) >= 11 is 0. The number of benzene rings is 2. The van der Waals surface area contributed by atoms with Crippen molar-refractivity contribution in [3.05, 3.63) is 59.7 Å². The second-order valence-electron chi connectivity index (χ2n) is 7.10. The Morgan fingerprint density at radius 2 is 1.80 bits per heavy atom. The van der Waals surface area contributed by atoms with Crippen molar-refractivity contribution >= 4 is 35.1 Å². The van der Waals surface area contributed by atoms with E-state index in [-0.39, 0.29) is 17.4 Å². The second kappa shape index (κ2) is 9.21. The number of ether oxygens (including phenoxy) is 1. The van der Waals surface area contributed by atoms with E-state index in [0.717, 1.165) is 6.42 Å². The molecule has 0 bridgehead atoms. The molecule has 30 heavy (non-hydrogen) atoms. The zero-order chi connectivity index (χ0) is 21.7. The number of amides is 3. The van der Waals surface area contributed by atoms with Gasteiger partial charge in [-0.3, -0.25) is 14.4 Å². The summed E-state index contributed by atoms with van der Waals surface area (Å²) in [5.41, 5.74) is 1.90. The van der Waals surface area contributed by atoms with Crippen molar-refractivity contribution < 1.29 is 23.9 Å². The Labute approximate surface area is 174 Å². The predicted octanol–water partition coefficient (Wildman–Crippen LogP) is 2.31.